The summed E-state index contributed by atoms with van der Waals surface area (Å²) in [6.45, 7) is 2.11. The molecule has 0 bridgehead atoms. The Hall–Kier alpha value is -2.05. The molecule has 118 valence electrons. The highest BCUT2D eigenvalue weighted by Gasteiger charge is 2.20. The van der Waals surface area contributed by atoms with Crippen LogP contribution in [0.25, 0.3) is 0 Å². The van der Waals surface area contributed by atoms with Crippen LogP contribution in [0.4, 0.5) is 5.69 Å². The van der Waals surface area contributed by atoms with Crippen LogP contribution < -0.4 is 10.1 Å². The van der Waals surface area contributed by atoms with Gasteiger partial charge >= 0.3 is 0 Å². The summed E-state index contributed by atoms with van der Waals surface area (Å²) in [7, 11) is 1.70. The number of ether oxygens (including phenoxy) is 1. The number of halogens is 1. The minimum Gasteiger partial charge on any atom is -0.491 e. The van der Waals surface area contributed by atoms with Crippen molar-refractivity contribution < 1.29 is 14.6 Å². The van der Waals surface area contributed by atoms with Crippen LogP contribution in [0, 0.1) is 0 Å². The summed E-state index contributed by atoms with van der Waals surface area (Å²) in [5.41, 5.74) is 1.68. The van der Waals surface area contributed by atoms with Crippen LogP contribution in [0.1, 0.15) is 23.0 Å². The first kappa shape index (κ1) is 16.3. The number of nitrogens with one attached hydrogen (secondary N) is 1. The zero-order valence-corrected chi connectivity index (χ0v) is 13.2. The minimum absolute atomic E-state index is 0.0439. The first-order chi connectivity index (χ1) is 10.6. The highest BCUT2D eigenvalue weighted by molar-refractivity contribution is 6.33. The maximum absolute atomic E-state index is 12.4. The van der Waals surface area contributed by atoms with Gasteiger partial charge in [0.25, 0.3) is 5.91 Å². The molecular weight excluding hydrogens is 306 g/mol. The lowest BCUT2D eigenvalue weighted by Crippen LogP contribution is -2.13. The minimum atomic E-state index is -0.293. The number of aromatic nitrogens is 2. The lowest BCUT2D eigenvalue weighted by atomic mass is 10.2. The van der Waals surface area contributed by atoms with Crippen molar-refractivity contribution in [2.45, 2.75) is 13.3 Å². The molecule has 0 saturated heterocycles. The predicted molar refractivity (Wildman–Crippen MR) is 84.6 cm³/mol. The highest BCUT2D eigenvalue weighted by atomic mass is 35.5. The van der Waals surface area contributed by atoms with Crippen LogP contribution in [-0.4, -0.2) is 34.0 Å². The van der Waals surface area contributed by atoms with Crippen molar-refractivity contribution in [1.29, 1.82) is 0 Å². The molecule has 2 rings (SSSR count). The number of amides is 1. The summed E-state index contributed by atoms with van der Waals surface area (Å²) in [5, 5.41) is 16.0. The first-order valence-corrected chi connectivity index (χ1v) is 7.31. The normalized spacial score (nSPS) is 10.5. The predicted octanol–water partition coefficient (Wildman–Crippen LogP) is 2.26. The van der Waals surface area contributed by atoms with Crippen molar-refractivity contribution in [3.63, 3.8) is 0 Å². The summed E-state index contributed by atoms with van der Waals surface area (Å²) in [5.74, 6) is 0.333. The van der Waals surface area contributed by atoms with Gasteiger partial charge in [-0.25, -0.2) is 0 Å². The van der Waals surface area contributed by atoms with Gasteiger partial charge in [0.1, 0.15) is 17.5 Å². The molecule has 0 aliphatic carbocycles. The molecule has 22 heavy (non-hydrogen) atoms. The molecule has 6 nitrogen and oxygen atoms in total. The van der Waals surface area contributed by atoms with Gasteiger partial charge in [0.05, 0.1) is 17.9 Å². The van der Waals surface area contributed by atoms with Crippen LogP contribution in [0.3, 0.4) is 0 Å². The summed E-state index contributed by atoms with van der Waals surface area (Å²) in [4.78, 5) is 12.4. The third kappa shape index (κ3) is 3.58. The quantitative estimate of drug-likeness (QED) is 0.855. The van der Waals surface area contributed by atoms with E-state index >= 15 is 0 Å². The molecule has 2 aromatic rings. The van der Waals surface area contributed by atoms with E-state index in [0.717, 1.165) is 0 Å². The monoisotopic (exact) mass is 323 g/mol. The highest BCUT2D eigenvalue weighted by Crippen LogP contribution is 2.22. The van der Waals surface area contributed by atoms with E-state index in [1.165, 1.54) is 4.68 Å². The van der Waals surface area contributed by atoms with Crippen molar-refractivity contribution in [2.24, 2.45) is 7.05 Å². The van der Waals surface area contributed by atoms with Gasteiger partial charge in [-0.2, -0.15) is 5.10 Å². The van der Waals surface area contributed by atoms with Gasteiger partial charge in [-0.1, -0.05) is 18.5 Å². The van der Waals surface area contributed by atoms with Crippen molar-refractivity contribution in [3.05, 3.63) is 40.7 Å². The second-order valence-electron chi connectivity index (χ2n) is 4.64. The van der Waals surface area contributed by atoms with E-state index in [1.54, 1.807) is 31.3 Å². The van der Waals surface area contributed by atoms with Crippen LogP contribution in [0.5, 0.6) is 5.75 Å². The number of carbonyl (C=O) groups excluding carboxylic acids is 1. The number of anilines is 1. The number of benzene rings is 1. The number of nitrogens with zero attached hydrogens (tertiary/aromatic N) is 2. The number of aliphatic hydroxyl groups excluding tert-OH is 1. The van der Waals surface area contributed by atoms with Crippen LogP contribution in [-0.2, 0) is 13.5 Å². The number of hydrogen-bond donors (Lipinski definition) is 2. The zero-order valence-electron chi connectivity index (χ0n) is 12.5. The summed E-state index contributed by atoms with van der Waals surface area (Å²) in [6, 6.07) is 6.88. The van der Waals surface area contributed by atoms with Crippen molar-refractivity contribution in [2.75, 3.05) is 18.5 Å². The molecule has 1 aromatic heterocycles. The molecule has 0 aliphatic heterocycles. The van der Waals surface area contributed by atoms with Gasteiger partial charge < -0.3 is 15.2 Å². The Kier molecular flexibility index (Phi) is 5.41. The largest absolute Gasteiger partial charge is 0.491 e. The molecule has 2 N–H and O–H groups in total. The average molecular weight is 324 g/mol. The Labute approximate surface area is 133 Å². The molecule has 7 heteroatoms. The summed E-state index contributed by atoms with van der Waals surface area (Å²) in [6.07, 6.45) is 0.622. The van der Waals surface area contributed by atoms with E-state index in [9.17, 15) is 4.79 Å². The third-order valence-electron chi connectivity index (χ3n) is 3.08. The molecule has 0 unspecified atom stereocenters. The Morgan fingerprint density at radius 3 is 2.68 bits per heavy atom. The SMILES string of the molecule is CCc1nn(C)c(Cl)c1C(=O)Nc1ccc(OCCO)cc1. The van der Waals surface area contributed by atoms with Crippen molar-refractivity contribution in [3.8, 4) is 5.75 Å². The van der Waals surface area contributed by atoms with Crippen LogP contribution >= 0.6 is 11.6 Å². The van der Waals surface area contributed by atoms with E-state index in [4.69, 9.17) is 21.4 Å². The summed E-state index contributed by atoms with van der Waals surface area (Å²) < 4.78 is 6.75. The standard InChI is InChI=1S/C15H18ClN3O3/c1-3-12-13(14(16)19(2)18-12)15(21)17-10-4-6-11(7-5-10)22-9-8-20/h4-7,20H,3,8-9H2,1-2H3,(H,17,21). The molecule has 1 amide bonds. The van der Waals surface area contributed by atoms with E-state index in [2.05, 4.69) is 10.4 Å². The molecule has 0 atom stereocenters. The lowest BCUT2D eigenvalue weighted by molar-refractivity contribution is 0.102. The fourth-order valence-corrected chi connectivity index (χ4v) is 2.25. The van der Waals surface area contributed by atoms with Crippen molar-refractivity contribution in [1.82, 2.24) is 9.78 Å². The summed E-state index contributed by atoms with van der Waals surface area (Å²) >= 11 is 6.13. The Morgan fingerprint density at radius 1 is 1.41 bits per heavy atom. The number of rotatable bonds is 6. The number of aryl methyl sites for hydroxylation is 2. The molecule has 0 saturated carbocycles. The molecule has 1 aromatic carbocycles. The first-order valence-electron chi connectivity index (χ1n) is 6.93. The maximum atomic E-state index is 12.4. The smallest absolute Gasteiger partial charge is 0.260 e. The Bertz CT molecular complexity index is 653. The van der Waals surface area contributed by atoms with Gasteiger partial charge in [-0.15, -0.1) is 0 Å². The van der Waals surface area contributed by atoms with E-state index in [1.807, 2.05) is 6.92 Å². The molecular formula is C15H18ClN3O3. The van der Waals surface area contributed by atoms with Crippen LogP contribution in [0.15, 0.2) is 24.3 Å². The molecule has 0 aliphatic rings. The topological polar surface area (TPSA) is 76.4 Å². The third-order valence-corrected chi connectivity index (χ3v) is 3.52. The van der Waals surface area contributed by atoms with Gasteiger partial charge in [0.15, 0.2) is 0 Å². The average Bonchev–Trinajstić information content (AvgIpc) is 2.81. The Morgan fingerprint density at radius 2 is 2.09 bits per heavy atom. The van der Waals surface area contributed by atoms with Crippen LogP contribution in [0.2, 0.25) is 5.15 Å². The zero-order chi connectivity index (χ0) is 16.1. The number of carbonyl (C=O) groups is 1. The van der Waals surface area contributed by atoms with E-state index in [-0.39, 0.29) is 19.1 Å². The maximum Gasteiger partial charge on any atom is 0.260 e. The molecule has 0 fully saturated rings. The van der Waals surface area contributed by atoms with Gasteiger partial charge in [-0.3, -0.25) is 9.48 Å². The van der Waals surface area contributed by atoms with E-state index in [0.29, 0.717) is 34.3 Å². The van der Waals surface area contributed by atoms with Gasteiger partial charge in [-0.05, 0) is 30.7 Å². The fourth-order valence-electron chi connectivity index (χ4n) is 2.02. The number of aliphatic hydroxyl groups is 1. The number of hydrogen-bond acceptors (Lipinski definition) is 4. The fraction of sp³-hybridized carbons (Fsp3) is 0.333. The van der Waals surface area contributed by atoms with E-state index < -0.39 is 0 Å². The Balaban J connectivity index is 2.12. The lowest BCUT2D eigenvalue weighted by Gasteiger charge is -2.08. The molecule has 1 heterocycles. The van der Waals surface area contributed by atoms with Gasteiger partial charge in [0, 0.05) is 12.7 Å². The molecule has 0 spiro atoms. The van der Waals surface area contributed by atoms with Crippen molar-refractivity contribution >= 4 is 23.2 Å². The second kappa shape index (κ2) is 7.29. The second-order valence-corrected chi connectivity index (χ2v) is 5.00. The molecule has 0 radical (unpaired) electrons. The van der Waals surface area contributed by atoms with Gasteiger partial charge in [0.2, 0.25) is 0 Å².